The van der Waals surface area contributed by atoms with Crippen molar-refractivity contribution >= 4 is 6.29 Å². The minimum atomic E-state index is -0.954. The summed E-state index contributed by atoms with van der Waals surface area (Å²) in [5.74, 6) is 0.0619. The van der Waals surface area contributed by atoms with Crippen LogP contribution in [-0.4, -0.2) is 31.3 Å². The Morgan fingerprint density at radius 3 is 3.00 bits per heavy atom. The standard InChI is InChI=1S/C13H16FNO/c1-15-6-5-12(8-15)13(14)11-4-2-3-10(7-11)9-16/h2-4,7,9,12-13H,5-6,8H2,1H3. The second kappa shape index (κ2) is 4.74. The monoisotopic (exact) mass is 221 g/mol. The lowest BCUT2D eigenvalue weighted by molar-refractivity contribution is 0.112. The summed E-state index contributed by atoms with van der Waals surface area (Å²) in [5, 5.41) is 0. The number of benzene rings is 1. The van der Waals surface area contributed by atoms with Gasteiger partial charge in [-0.05, 0) is 31.6 Å². The van der Waals surface area contributed by atoms with Crippen molar-refractivity contribution in [1.82, 2.24) is 4.90 Å². The lowest BCUT2D eigenvalue weighted by atomic mass is 9.95. The molecular formula is C13H16FNO. The van der Waals surface area contributed by atoms with E-state index in [1.54, 1.807) is 24.3 Å². The van der Waals surface area contributed by atoms with Gasteiger partial charge < -0.3 is 4.90 Å². The molecule has 2 atom stereocenters. The molecule has 2 rings (SSSR count). The van der Waals surface area contributed by atoms with Crippen LogP contribution in [0.4, 0.5) is 4.39 Å². The third-order valence-corrected chi connectivity index (χ3v) is 3.21. The molecule has 0 saturated carbocycles. The van der Waals surface area contributed by atoms with Gasteiger partial charge in [-0.3, -0.25) is 4.79 Å². The van der Waals surface area contributed by atoms with Crippen molar-refractivity contribution in [2.24, 2.45) is 5.92 Å². The van der Waals surface area contributed by atoms with Gasteiger partial charge in [0.2, 0.25) is 0 Å². The fraction of sp³-hybridized carbons (Fsp3) is 0.462. The second-order valence-corrected chi connectivity index (χ2v) is 4.50. The van der Waals surface area contributed by atoms with Crippen molar-refractivity contribution in [3.63, 3.8) is 0 Å². The maximum Gasteiger partial charge on any atom is 0.150 e. The van der Waals surface area contributed by atoms with E-state index in [1.165, 1.54) is 0 Å². The van der Waals surface area contributed by atoms with Gasteiger partial charge in [0.1, 0.15) is 12.5 Å². The van der Waals surface area contributed by atoms with Gasteiger partial charge in [-0.15, -0.1) is 0 Å². The van der Waals surface area contributed by atoms with E-state index in [4.69, 9.17) is 0 Å². The van der Waals surface area contributed by atoms with E-state index in [9.17, 15) is 9.18 Å². The average Bonchev–Trinajstić information content (AvgIpc) is 2.75. The number of alkyl halides is 1. The Balaban J connectivity index is 2.13. The highest BCUT2D eigenvalue weighted by atomic mass is 19.1. The third kappa shape index (κ3) is 2.30. The van der Waals surface area contributed by atoms with Gasteiger partial charge in [0, 0.05) is 18.0 Å². The molecule has 1 aromatic rings. The van der Waals surface area contributed by atoms with Crippen molar-refractivity contribution in [3.8, 4) is 0 Å². The molecule has 1 aliphatic heterocycles. The fourth-order valence-corrected chi connectivity index (χ4v) is 2.28. The zero-order valence-corrected chi connectivity index (χ0v) is 9.40. The molecule has 2 unspecified atom stereocenters. The molecule has 1 fully saturated rings. The number of halogens is 1. The molecule has 0 radical (unpaired) electrons. The molecule has 1 aromatic carbocycles. The molecule has 0 aliphatic carbocycles. The highest BCUT2D eigenvalue weighted by Crippen LogP contribution is 2.32. The molecule has 0 amide bonds. The van der Waals surface area contributed by atoms with Crippen LogP contribution in [0.2, 0.25) is 0 Å². The van der Waals surface area contributed by atoms with Crippen LogP contribution < -0.4 is 0 Å². The Morgan fingerprint density at radius 1 is 1.56 bits per heavy atom. The minimum Gasteiger partial charge on any atom is -0.306 e. The zero-order chi connectivity index (χ0) is 11.5. The third-order valence-electron chi connectivity index (χ3n) is 3.21. The van der Waals surface area contributed by atoms with Crippen molar-refractivity contribution < 1.29 is 9.18 Å². The minimum absolute atomic E-state index is 0.0619. The lowest BCUT2D eigenvalue weighted by Gasteiger charge is -2.16. The quantitative estimate of drug-likeness (QED) is 0.731. The predicted octanol–water partition coefficient (Wildman–Crippen LogP) is 2.46. The fourth-order valence-electron chi connectivity index (χ4n) is 2.28. The van der Waals surface area contributed by atoms with Crippen molar-refractivity contribution in [2.75, 3.05) is 20.1 Å². The Kier molecular flexibility index (Phi) is 3.34. The van der Waals surface area contributed by atoms with Crippen molar-refractivity contribution in [1.29, 1.82) is 0 Å². The molecule has 86 valence electrons. The van der Waals surface area contributed by atoms with Gasteiger partial charge in [0.05, 0.1) is 0 Å². The number of likely N-dealkylation sites (tertiary alicyclic amines) is 1. The van der Waals surface area contributed by atoms with E-state index in [-0.39, 0.29) is 5.92 Å². The van der Waals surface area contributed by atoms with Crippen LogP contribution in [0.25, 0.3) is 0 Å². The van der Waals surface area contributed by atoms with Crippen LogP contribution in [0, 0.1) is 5.92 Å². The first-order chi connectivity index (χ1) is 7.70. The number of hydrogen-bond acceptors (Lipinski definition) is 2. The normalized spacial score (nSPS) is 23.2. The highest BCUT2D eigenvalue weighted by molar-refractivity contribution is 5.74. The molecule has 3 heteroatoms. The maximum atomic E-state index is 14.2. The van der Waals surface area contributed by atoms with E-state index in [1.807, 2.05) is 7.05 Å². The van der Waals surface area contributed by atoms with Gasteiger partial charge in [0.15, 0.2) is 0 Å². The number of carbonyl (C=O) groups excluding carboxylic acids is 1. The number of nitrogens with zero attached hydrogens (tertiary/aromatic N) is 1. The molecule has 0 aromatic heterocycles. The summed E-state index contributed by atoms with van der Waals surface area (Å²) in [4.78, 5) is 12.8. The summed E-state index contributed by atoms with van der Waals surface area (Å²) in [6.07, 6.45) is 0.699. The van der Waals surface area contributed by atoms with Gasteiger partial charge >= 0.3 is 0 Å². The van der Waals surface area contributed by atoms with E-state index in [0.29, 0.717) is 11.1 Å². The summed E-state index contributed by atoms with van der Waals surface area (Å²) < 4.78 is 14.2. The Morgan fingerprint density at radius 2 is 2.38 bits per heavy atom. The average molecular weight is 221 g/mol. The summed E-state index contributed by atoms with van der Waals surface area (Å²) in [6, 6.07) is 6.85. The van der Waals surface area contributed by atoms with Crippen LogP contribution in [0.1, 0.15) is 28.5 Å². The number of aldehydes is 1. The molecule has 1 saturated heterocycles. The second-order valence-electron chi connectivity index (χ2n) is 4.50. The zero-order valence-electron chi connectivity index (χ0n) is 9.40. The molecule has 0 bridgehead atoms. The Hall–Kier alpha value is -1.22. The molecule has 1 aliphatic rings. The van der Waals surface area contributed by atoms with Crippen LogP contribution in [-0.2, 0) is 0 Å². The SMILES string of the molecule is CN1CCC(C(F)c2cccc(C=O)c2)C1. The molecule has 16 heavy (non-hydrogen) atoms. The predicted molar refractivity (Wildman–Crippen MR) is 61.3 cm³/mol. The van der Waals surface area contributed by atoms with Crippen LogP contribution in [0.3, 0.4) is 0 Å². The first-order valence-corrected chi connectivity index (χ1v) is 5.58. The number of rotatable bonds is 3. The van der Waals surface area contributed by atoms with Crippen LogP contribution >= 0.6 is 0 Å². The lowest BCUT2D eigenvalue weighted by Crippen LogP contribution is -2.16. The molecular weight excluding hydrogens is 205 g/mol. The largest absolute Gasteiger partial charge is 0.306 e. The summed E-state index contributed by atoms with van der Waals surface area (Å²) >= 11 is 0. The van der Waals surface area contributed by atoms with E-state index in [2.05, 4.69) is 4.90 Å². The number of hydrogen-bond donors (Lipinski definition) is 0. The summed E-state index contributed by atoms with van der Waals surface area (Å²) in [5.41, 5.74) is 1.18. The Labute approximate surface area is 95.1 Å². The first-order valence-electron chi connectivity index (χ1n) is 5.58. The van der Waals surface area contributed by atoms with Crippen molar-refractivity contribution in [3.05, 3.63) is 35.4 Å². The van der Waals surface area contributed by atoms with Crippen LogP contribution in [0.15, 0.2) is 24.3 Å². The molecule has 0 N–H and O–H groups in total. The van der Waals surface area contributed by atoms with E-state index < -0.39 is 6.17 Å². The maximum absolute atomic E-state index is 14.2. The molecule has 0 spiro atoms. The van der Waals surface area contributed by atoms with Crippen LogP contribution in [0.5, 0.6) is 0 Å². The smallest absolute Gasteiger partial charge is 0.150 e. The van der Waals surface area contributed by atoms with E-state index in [0.717, 1.165) is 25.8 Å². The van der Waals surface area contributed by atoms with Gasteiger partial charge in [-0.2, -0.15) is 0 Å². The Bertz CT molecular complexity index is 380. The molecule has 2 nitrogen and oxygen atoms in total. The van der Waals surface area contributed by atoms with E-state index >= 15 is 0 Å². The molecule has 1 heterocycles. The first kappa shape index (κ1) is 11.3. The highest BCUT2D eigenvalue weighted by Gasteiger charge is 2.28. The summed E-state index contributed by atoms with van der Waals surface area (Å²) in [7, 11) is 2.01. The van der Waals surface area contributed by atoms with Gasteiger partial charge in [-0.25, -0.2) is 4.39 Å². The van der Waals surface area contributed by atoms with Crippen molar-refractivity contribution in [2.45, 2.75) is 12.6 Å². The van der Waals surface area contributed by atoms with Gasteiger partial charge in [0.25, 0.3) is 0 Å². The topological polar surface area (TPSA) is 20.3 Å². The summed E-state index contributed by atoms with van der Waals surface area (Å²) in [6.45, 7) is 1.75. The number of carbonyl (C=O) groups is 1. The van der Waals surface area contributed by atoms with Gasteiger partial charge in [-0.1, -0.05) is 18.2 Å².